The maximum atomic E-state index is 4.99. The number of nitrogens with zero attached hydrogens (tertiary/aromatic N) is 5. The topological polar surface area (TPSA) is 77.8 Å². The Morgan fingerprint density at radius 3 is 2.72 bits per heavy atom. The highest BCUT2D eigenvalue weighted by molar-refractivity contribution is 5.15. The predicted octanol–water partition coefficient (Wildman–Crippen LogP) is 0.117. The van der Waals surface area contributed by atoms with Gasteiger partial charge in [-0.2, -0.15) is 10.2 Å². The SMILES string of the molecule is CNC(Cc1ncnn1C)c1ccc(OC)nn1. The lowest BCUT2D eigenvalue weighted by Crippen LogP contribution is -2.22. The summed E-state index contributed by atoms with van der Waals surface area (Å²) in [5.41, 5.74) is 0.848. The third-order valence-electron chi connectivity index (χ3n) is 2.77. The highest BCUT2D eigenvalue weighted by Crippen LogP contribution is 2.15. The van der Waals surface area contributed by atoms with Crippen LogP contribution in [0.25, 0.3) is 0 Å². The van der Waals surface area contributed by atoms with Gasteiger partial charge in [-0.25, -0.2) is 4.98 Å². The second-order valence-electron chi connectivity index (χ2n) is 3.85. The molecule has 2 aromatic heterocycles. The number of nitrogens with one attached hydrogen (secondary N) is 1. The van der Waals surface area contributed by atoms with E-state index in [0.29, 0.717) is 12.3 Å². The van der Waals surface area contributed by atoms with E-state index in [1.54, 1.807) is 24.2 Å². The fraction of sp³-hybridized carbons (Fsp3) is 0.455. The number of ether oxygens (including phenoxy) is 1. The van der Waals surface area contributed by atoms with E-state index < -0.39 is 0 Å². The molecule has 7 nitrogen and oxygen atoms in total. The van der Waals surface area contributed by atoms with Gasteiger partial charge in [0.15, 0.2) is 0 Å². The van der Waals surface area contributed by atoms with Gasteiger partial charge in [-0.05, 0) is 13.1 Å². The normalized spacial score (nSPS) is 12.4. The molecule has 0 aliphatic rings. The molecule has 96 valence electrons. The first kappa shape index (κ1) is 12.4. The summed E-state index contributed by atoms with van der Waals surface area (Å²) in [6.45, 7) is 0. The third kappa shape index (κ3) is 2.62. The lowest BCUT2D eigenvalue weighted by molar-refractivity contribution is 0.389. The van der Waals surface area contributed by atoms with Crippen molar-refractivity contribution in [2.75, 3.05) is 14.2 Å². The molecule has 2 aromatic rings. The fourth-order valence-corrected chi connectivity index (χ4v) is 1.67. The quantitative estimate of drug-likeness (QED) is 0.809. The predicted molar refractivity (Wildman–Crippen MR) is 65.1 cm³/mol. The van der Waals surface area contributed by atoms with Crippen LogP contribution in [0.4, 0.5) is 0 Å². The van der Waals surface area contributed by atoms with Gasteiger partial charge in [0.25, 0.3) is 0 Å². The minimum absolute atomic E-state index is 0.0475. The van der Waals surface area contributed by atoms with E-state index in [2.05, 4.69) is 25.6 Å². The number of methoxy groups -OCH3 is 1. The van der Waals surface area contributed by atoms with Crippen molar-refractivity contribution in [3.8, 4) is 5.88 Å². The Labute approximate surface area is 105 Å². The maximum Gasteiger partial charge on any atom is 0.233 e. The molecule has 0 saturated heterocycles. The number of aryl methyl sites for hydroxylation is 1. The summed E-state index contributed by atoms with van der Waals surface area (Å²) in [5, 5.41) is 15.3. The first-order valence-electron chi connectivity index (χ1n) is 5.62. The fourth-order valence-electron chi connectivity index (χ4n) is 1.67. The number of likely N-dealkylation sites (N-methyl/N-ethyl adjacent to an activating group) is 1. The number of hydrogen-bond donors (Lipinski definition) is 1. The smallest absolute Gasteiger partial charge is 0.233 e. The van der Waals surface area contributed by atoms with Gasteiger partial charge in [0.1, 0.15) is 12.2 Å². The molecule has 2 rings (SSSR count). The van der Waals surface area contributed by atoms with Crippen LogP contribution in [0.2, 0.25) is 0 Å². The highest BCUT2D eigenvalue weighted by atomic mass is 16.5. The van der Waals surface area contributed by atoms with Crippen molar-refractivity contribution >= 4 is 0 Å². The standard InChI is InChI=1S/C11H16N6O/c1-12-9(6-10-13-7-14-17(10)2)8-4-5-11(18-3)16-15-8/h4-5,7,9,12H,6H2,1-3H3. The van der Waals surface area contributed by atoms with E-state index in [1.807, 2.05) is 20.2 Å². The minimum atomic E-state index is 0.0475. The number of aromatic nitrogens is 5. The Morgan fingerprint density at radius 2 is 2.22 bits per heavy atom. The first-order valence-corrected chi connectivity index (χ1v) is 5.62. The zero-order valence-corrected chi connectivity index (χ0v) is 10.7. The lowest BCUT2D eigenvalue weighted by Gasteiger charge is -2.14. The Kier molecular flexibility index (Phi) is 3.83. The van der Waals surface area contributed by atoms with E-state index in [1.165, 1.54) is 0 Å². The Bertz CT molecular complexity index is 494. The number of hydrogen-bond acceptors (Lipinski definition) is 6. The summed E-state index contributed by atoms with van der Waals surface area (Å²) in [6.07, 6.45) is 2.25. The summed E-state index contributed by atoms with van der Waals surface area (Å²) in [7, 11) is 5.32. The average molecular weight is 248 g/mol. The molecule has 0 aliphatic carbocycles. The molecule has 0 aliphatic heterocycles. The largest absolute Gasteiger partial charge is 0.480 e. The monoisotopic (exact) mass is 248 g/mol. The van der Waals surface area contributed by atoms with Crippen molar-refractivity contribution in [2.45, 2.75) is 12.5 Å². The summed E-state index contributed by atoms with van der Waals surface area (Å²) < 4.78 is 6.74. The Morgan fingerprint density at radius 1 is 1.39 bits per heavy atom. The van der Waals surface area contributed by atoms with Gasteiger partial charge in [-0.1, -0.05) is 0 Å². The van der Waals surface area contributed by atoms with E-state index in [0.717, 1.165) is 11.5 Å². The summed E-state index contributed by atoms with van der Waals surface area (Å²) in [4.78, 5) is 4.20. The van der Waals surface area contributed by atoms with Crippen LogP contribution in [-0.4, -0.2) is 39.1 Å². The van der Waals surface area contributed by atoms with Crippen molar-refractivity contribution in [1.82, 2.24) is 30.3 Å². The molecule has 0 amide bonds. The van der Waals surface area contributed by atoms with Crippen molar-refractivity contribution < 1.29 is 4.74 Å². The van der Waals surface area contributed by atoms with E-state index >= 15 is 0 Å². The molecular formula is C11H16N6O. The zero-order valence-electron chi connectivity index (χ0n) is 10.7. The molecule has 2 heterocycles. The van der Waals surface area contributed by atoms with E-state index in [4.69, 9.17) is 4.74 Å². The van der Waals surface area contributed by atoms with Crippen LogP contribution in [-0.2, 0) is 13.5 Å². The van der Waals surface area contributed by atoms with Gasteiger partial charge in [0.2, 0.25) is 5.88 Å². The Balaban J connectivity index is 2.15. The van der Waals surface area contributed by atoms with Crippen molar-refractivity contribution in [2.24, 2.45) is 7.05 Å². The van der Waals surface area contributed by atoms with Gasteiger partial charge in [0.05, 0.1) is 18.8 Å². The molecule has 1 N–H and O–H groups in total. The van der Waals surface area contributed by atoms with Crippen molar-refractivity contribution in [3.63, 3.8) is 0 Å². The van der Waals surface area contributed by atoms with Crippen molar-refractivity contribution in [1.29, 1.82) is 0 Å². The van der Waals surface area contributed by atoms with Crippen LogP contribution >= 0.6 is 0 Å². The van der Waals surface area contributed by atoms with Crippen LogP contribution in [0.5, 0.6) is 5.88 Å². The van der Waals surface area contributed by atoms with Gasteiger partial charge in [-0.15, -0.1) is 5.10 Å². The zero-order chi connectivity index (χ0) is 13.0. The van der Waals surface area contributed by atoms with Crippen LogP contribution in [0.3, 0.4) is 0 Å². The molecule has 0 spiro atoms. The van der Waals surface area contributed by atoms with E-state index in [9.17, 15) is 0 Å². The highest BCUT2D eigenvalue weighted by Gasteiger charge is 2.15. The summed E-state index contributed by atoms with van der Waals surface area (Å²) >= 11 is 0. The van der Waals surface area contributed by atoms with E-state index in [-0.39, 0.29) is 6.04 Å². The molecular weight excluding hydrogens is 232 g/mol. The Hall–Kier alpha value is -2.02. The molecule has 1 atom stereocenters. The van der Waals surface area contributed by atoms with Gasteiger partial charge in [0, 0.05) is 19.5 Å². The second kappa shape index (κ2) is 5.54. The van der Waals surface area contributed by atoms with Crippen LogP contribution in [0, 0.1) is 0 Å². The molecule has 0 aromatic carbocycles. The molecule has 0 fully saturated rings. The van der Waals surface area contributed by atoms with Gasteiger partial charge >= 0.3 is 0 Å². The first-order chi connectivity index (χ1) is 8.74. The van der Waals surface area contributed by atoms with Crippen LogP contribution in [0.15, 0.2) is 18.5 Å². The molecule has 0 saturated carbocycles. The molecule has 0 bridgehead atoms. The number of rotatable bonds is 5. The summed E-state index contributed by atoms with van der Waals surface area (Å²) in [6, 6.07) is 3.73. The minimum Gasteiger partial charge on any atom is -0.480 e. The van der Waals surface area contributed by atoms with Gasteiger partial charge in [-0.3, -0.25) is 4.68 Å². The maximum absolute atomic E-state index is 4.99. The summed E-state index contributed by atoms with van der Waals surface area (Å²) in [5.74, 6) is 1.40. The molecule has 7 heteroatoms. The van der Waals surface area contributed by atoms with Crippen molar-refractivity contribution in [3.05, 3.63) is 30.0 Å². The lowest BCUT2D eigenvalue weighted by atomic mass is 10.1. The second-order valence-corrected chi connectivity index (χ2v) is 3.85. The average Bonchev–Trinajstić information content (AvgIpc) is 2.81. The van der Waals surface area contributed by atoms with Crippen LogP contribution < -0.4 is 10.1 Å². The van der Waals surface area contributed by atoms with Gasteiger partial charge < -0.3 is 10.1 Å². The molecule has 0 radical (unpaired) electrons. The molecule has 1 unspecified atom stereocenters. The molecule has 18 heavy (non-hydrogen) atoms. The third-order valence-corrected chi connectivity index (χ3v) is 2.77. The van der Waals surface area contributed by atoms with Crippen LogP contribution in [0.1, 0.15) is 17.6 Å².